The van der Waals surface area contributed by atoms with Crippen LogP contribution >= 0.6 is 0 Å². The fourth-order valence-electron chi connectivity index (χ4n) is 2.91. The Bertz CT molecular complexity index is 224. The van der Waals surface area contributed by atoms with Crippen molar-refractivity contribution in [3.05, 3.63) is 0 Å². The monoisotopic (exact) mass is 229 g/mol. The Labute approximate surface area is 98.1 Å². The first-order valence-electron chi connectivity index (χ1n) is 6.65. The second kappa shape index (κ2) is 5.46. The van der Waals surface area contributed by atoms with E-state index in [2.05, 4.69) is 11.8 Å². The van der Waals surface area contributed by atoms with E-state index in [9.17, 15) is 4.39 Å². The highest BCUT2D eigenvalue weighted by Gasteiger charge is 2.32. The number of nitrogens with zero attached hydrogens (tertiary/aromatic N) is 1. The Morgan fingerprint density at radius 3 is 2.88 bits per heavy atom. The van der Waals surface area contributed by atoms with Gasteiger partial charge in [0.2, 0.25) is 0 Å². The summed E-state index contributed by atoms with van der Waals surface area (Å²) in [5.74, 6) is 0.847. The molecule has 0 saturated carbocycles. The zero-order chi connectivity index (χ0) is 11.5. The van der Waals surface area contributed by atoms with Gasteiger partial charge in [-0.3, -0.25) is 0 Å². The third-order valence-corrected chi connectivity index (χ3v) is 4.06. The summed E-state index contributed by atoms with van der Waals surface area (Å²) in [6.07, 6.45) is 2.63. The summed E-state index contributed by atoms with van der Waals surface area (Å²) in [6, 6.07) is 0. The van der Waals surface area contributed by atoms with E-state index in [0.29, 0.717) is 13.0 Å². The second-order valence-corrected chi connectivity index (χ2v) is 5.58. The van der Waals surface area contributed by atoms with Crippen LogP contribution in [0.15, 0.2) is 0 Å². The number of alkyl halides is 1. The molecule has 0 aromatic rings. The van der Waals surface area contributed by atoms with Crippen molar-refractivity contribution in [1.29, 1.82) is 0 Å². The van der Waals surface area contributed by atoms with Crippen molar-refractivity contribution >= 4 is 0 Å². The third-order valence-electron chi connectivity index (χ3n) is 4.06. The molecule has 0 radical (unpaired) electrons. The predicted molar refractivity (Wildman–Crippen MR) is 63.3 cm³/mol. The van der Waals surface area contributed by atoms with Crippen LogP contribution in [0.2, 0.25) is 0 Å². The number of piperidine rings is 1. The van der Waals surface area contributed by atoms with Crippen LogP contribution < -0.4 is 0 Å². The molecular weight excluding hydrogens is 205 g/mol. The van der Waals surface area contributed by atoms with Crippen LogP contribution in [0.4, 0.5) is 4.39 Å². The Hall–Kier alpha value is -0.150. The van der Waals surface area contributed by atoms with E-state index in [1.54, 1.807) is 0 Å². The number of hydrogen-bond acceptors (Lipinski definition) is 2. The van der Waals surface area contributed by atoms with Crippen LogP contribution in [0, 0.1) is 11.8 Å². The van der Waals surface area contributed by atoms with Crippen LogP contribution in [0.1, 0.15) is 33.1 Å². The van der Waals surface area contributed by atoms with E-state index < -0.39 is 6.17 Å². The van der Waals surface area contributed by atoms with Crippen LogP contribution in [0.25, 0.3) is 0 Å². The molecule has 2 aliphatic heterocycles. The van der Waals surface area contributed by atoms with Gasteiger partial charge in [0.25, 0.3) is 0 Å². The first kappa shape index (κ1) is 12.3. The molecule has 2 nitrogen and oxygen atoms in total. The number of hydrogen-bond donors (Lipinski definition) is 0. The fourth-order valence-corrected chi connectivity index (χ4v) is 2.91. The van der Waals surface area contributed by atoms with Gasteiger partial charge in [-0.05, 0) is 25.3 Å². The number of likely N-dealkylation sites (tertiary alicyclic amines) is 1. The molecule has 0 aromatic carbocycles. The maximum Gasteiger partial charge on any atom is 0.107 e. The normalized spacial score (nSPS) is 42.2. The molecule has 2 saturated heterocycles. The fraction of sp³-hybridized carbons (Fsp3) is 1.00. The maximum absolute atomic E-state index is 13.6. The van der Waals surface area contributed by atoms with Crippen LogP contribution in [-0.4, -0.2) is 43.4 Å². The third kappa shape index (κ3) is 2.95. The second-order valence-electron chi connectivity index (χ2n) is 5.58. The van der Waals surface area contributed by atoms with Crippen molar-refractivity contribution in [2.45, 2.75) is 45.4 Å². The van der Waals surface area contributed by atoms with E-state index in [1.807, 2.05) is 6.92 Å². The highest BCUT2D eigenvalue weighted by atomic mass is 19.1. The molecule has 0 aliphatic carbocycles. The minimum atomic E-state index is -0.666. The largest absolute Gasteiger partial charge is 0.376 e. The average Bonchev–Trinajstić information content (AvgIpc) is 2.25. The number of ether oxygens (including phenoxy) is 1. The lowest BCUT2D eigenvalue weighted by molar-refractivity contribution is -0.0755. The first-order chi connectivity index (χ1) is 7.66. The van der Waals surface area contributed by atoms with Gasteiger partial charge in [-0.2, -0.15) is 0 Å². The standard InChI is InChI=1S/C13H24FNO/c1-10-4-3-6-15(8-10)9-13-11(2)12(14)5-7-16-13/h10-13H,3-9H2,1-2H3/t10-,11+,12-,13+/m0/s1. The molecule has 2 rings (SSSR count). The van der Waals surface area contributed by atoms with Gasteiger partial charge in [-0.25, -0.2) is 4.39 Å². The molecule has 0 aromatic heterocycles. The summed E-state index contributed by atoms with van der Waals surface area (Å²) in [5, 5.41) is 0. The van der Waals surface area contributed by atoms with E-state index in [1.165, 1.54) is 12.8 Å². The Kier molecular flexibility index (Phi) is 4.20. The average molecular weight is 229 g/mol. The van der Waals surface area contributed by atoms with Crippen molar-refractivity contribution in [2.75, 3.05) is 26.2 Å². The Morgan fingerprint density at radius 1 is 1.31 bits per heavy atom. The van der Waals surface area contributed by atoms with Crippen LogP contribution in [-0.2, 0) is 4.74 Å². The summed E-state index contributed by atoms with van der Waals surface area (Å²) in [5.41, 5.74) is 0. The van der Waals surface area contributed by atoms with Crippen LogP contribution in [0.5, 0.6) is 0 Å². The highest BCUT2D eigenvalue weighted by Crippen LogP contribution is 2.25. The quantitative estimate of drug-likeness (QED) is 0.721. The molecule has 2 fully saturated rings. The van der Waals surface area contributed by atoms with Crippen LogP contribution in [0.3, 0.4) is 0 Å². The van der Waals surface area contributed by atoms with Gasteiger partial charge in [0.05, 0.1) is 6.10 Å². The van der Waals surface area contributed by atoms with E-state index >= 15 is 0 Å². The summed E-state index contributed by atoms with van der Waals surface area (Å²) in [6.45, 7) is 8.13. The molecule has 3 heteroatoms. The molecular formula is C13H24FNO. The smallest absolute Gasteiger partial charge is 0.107 e. The lowest BCUT2D eigenvalue weighted by atomic mass is 9.93. The van der Waals surface area contributed by atoms with Gasteiger partial charge < -0.3 is 9.64 Å². The molecule has 0 amide bonds. The van der Waals surface area contributed by atoms with Gasteiger partial charge >= 0.3 is 0 Å². The molecule has 0 N–H and O–H groups in total. The lowest BCUT2D eigenvalue weighted by Gasteiger charge is -2.38. The minimum absolute atomic E-state index is 0.0611. The SMILES string of the molecule is C[C@H]1CCCN(C[C@H]2OCC[C@H](F)[C@H]2C)C1. The zero-order valence-corrected chi connectivity index (χ0v) is 10.5. The highest BCUT2D eigenvalue weighted by molar-refractivity contribution is 4.82. The molecule has 4 atom stereocenters. The zero-order valence-electron chi connectivity index (χ0n) is 10.5. The molecule has 94 valence electrons. The van der Waals surface area contributed by atoms with E-state index in [0.717, 1.165) is 25.6 Å². The summed E-state index contributed by atoms with van der Waals surface area (Å²) < 4.78 is 19.3. The molecule has 0 unspecified atom stereocenters. The number of halogens is 1. The van der Waals surface area contributed by atoms with Crippen molar-refractivity contribution in [3.8, 4) is 0 Å². The summed E-state index contributed by atoms with van der Waals surface area (Å²) in [7, 11) is 0. The molecule has 2 heterocycles. The van der Waals surface area contributed by atoms with Gasteiger partial charge in [-0.1, -0.05) is 13.8 Å². The van der Waals surface area contributed by atoms with Gasteiger partial charge in [0.15, 0.2) is 0 Å². The molecule has 0 spiro atoms. The summed E-state index contributed by atoms with van der Waals surface area (Å²) in [4.78, 5) is 2.45. The van der Waals surface area contributed by atoms with Gasteiger partial charge in [-0.15, -0.1) is 0 Å². The molecule has 0 bridgehead atoms. The van der Waals surface area contributed by atoms with Crippen molar-refractivity contribution in [3.63, 3.8) is 0 Å². The van der Waals surface area contributed by atoms with Gasteiger partial charge in [0.1, 0.15) is 6.17 Å². The summed E-state index contributed by atoms with van der Waals surface area (Å²) >= 11 is 0. The number of rotatable bonds is 2. The topological polar surface area (TPSA) is 12.5 Å². The Balaban J connectivity index is 1.83. The lowest BCUT2D eigenvalue weighted by Crippen LogP contribution is -2.46. The first-order valence-corrected chi connectivity index (χ1v) is 6.65. The van der Waals surface area contributed by atoms with E-state index in [4.69, 9.17) is 4.74 Å². The molecule has 2 aliphatic rings. The maximum atomic E-state index is 13.6. The minimum Gasteiger partial charge on any atom is -0.376 e. The van der Waals surface area contributed by atoms with Crippen molar-refractivity contribution in [2.24, 2.45) is 11.8 Å². The van der Waals surface area contributed by atoms with Crippen molar-refractivity contribution < 1.29 is 9.13 Å². The van der Waals surface area contributed by atoms with E-state index in [-0.39, 0.29) is 12.0 Å². The van der Waals surface area contributed by atoms with Crippen molar-refractivity contribution in [1.82, 2.24) is 4.90 Å². The van der Waals surface area contributed by atoms with Gasteiger partial charge in [0, 0.05) is 32.0 Å². The Morgan fingerprint density at radius 2 is 2.12 bits per heavy atom. The molecule has 16 heavy (non-hydrogen) atoms. The predicted octanol–water partition coefficient (Wildman–Crippen LogP) is 2.48.